The number of nitro groups is 1. The van der Waals surface area contributed by atoms with Crippen LogP contribution in [0.1, 0.15) is 5.56 Å². The fraction of sp³-hybridized carbons (Fsp3) is 0.529. The molecular formula is C17H24N2O9. The van der Waals surface area contributed by atoms with E-state index in [1.807, 2.05) is 6.92 Å². The summed E-state index contributed by atoms with van der Waals surface area (Å²) in [4.78, 5) is 31.0. The number of benzene rings is 1. The Morgan fingerprint density at radius 3 is 2.39 bits per heavy atom. The molecule has 156 valence electrons. The molecule has 28 heavy (non-hydrogen) atoms. The molecule has 2 N–H and O–H groups in total. The fourth-order valence-electron chi connectivity index (χ4n) is 2.22. The highest BCUT2D eigenvalue weighted by molar-refractivity contribution is 6.27. The maximum Gasteiger partial charge on any atom is 0.414 e. The molecule has 1 aliphatic heterocycles. The van der Waals surface area contributed by atoms with Crippen molar-refractivity contribution in [1.29, 1.82) is 0 Å². The maximum absolute atomic E-state index is 11.0. The van der Waals surface area contributed by atoms with Crippen molar-refractivity contribution >= 4 is 17.6 Å². The Morgan fingerprint density at radius 2 is 1.82 bits per heavy atom. The van der Waals surface area contributed by atoms with Crippen LogP contribution in [0.2, 0.25) is 0 Å². The molecule has 11 heteroatoms. The summed E-state index contributed by atoms with van der Waals surface area (Å²) in [5, 5.41) is 25.7. The zero-order chi connectivity index (χ0) is 20.9. The second kappa shape index (κ2) is 12.6. The molecule has 2 rings (SSSR count). The Bertz CT molecular complexity index is 648. The third-order valence-corrected chi connectivity index (χ3v) is 3.63. The van der Waals surface area contributed by atoms with E-state index in [1.54, 1.807) is 12.1 Å². The number of hydrogen-bond acceptors (Lipinski definition) is 8. The molecule has 1 heterocycles. The van der Waals surface area contributed by atoms with Gasteiger partial charge in [-0.15, -0.1) is 0 Å². The molecule has 0 saturated carbocycles. The molecule has 1 aromatic carbocycles. The van der Waals surface area contributed by atoms with Gasteiger partial charge in [0.15, 0.2) is 5.75 Å². The molecule has 0 radical (unpaired) electrons. The van der Waals surface area contributed by atoms with Gasteiger partial charge in [0.1, 0.15) is 6.61 Å². The predicted octanol–water partition coefficient (Wildman–Crippen LogP) is 0.786. The Hall–Kier alpha value is -2.76. The number of carboxylic acid groups (broad SMARTS) is 2. The molecule has 0 atom stereocenters. The maximum atomic E-state index is 11.0. The molecule has 0 bridgehead atoms. The van der Waals surface area contributed by atoms with E-state index in [4.69, 9.17) is 34.0 Å². The largest absolute Gasteiger partial charge is 0.484 e. The number of carboxylic acids is 2. The minimum absolute atomic E-state index is 0.00619. The number of carbonyl (C=O) groups is 2. The van der Waals surface area contributed by atoms with Gasteiger partial charge in [-0.1, -0.05) is 6.07 Å². The summed E-state index contributed by atoms with van der Waals surface area (Å²) in [6.45, 7) is 7.45. The van der Waals surface area contributed by atoms with Gasteiger partial charge in [0.2, 0.25) is 0 Å². The average Bonchev–Trinajstić information content (AvgIpc) is 2.66. The van der Waals surface area contributed by atoms with Gasteiger partial charge in [0.25, 0.3) is 0 Å². The summed E-state index contributed by atoms with van der Waals surface area (Å²) in [5.74, 6) is -3.36. The highest BCUT2D eigenvalue weighted by Crippen LogP contribution is 2.27. The third-order valence-electron chi connectivity index (χ3n) is 3.63. The Kier molecular flexibility index (Phi) is 10.5. The van der Waals surface area contributed by atoms with E-state index in [0.29, 0.717) is 19.8 Å². The van der Waals surface area contributed by atoms with Crippen LogP contribution in [0.3, 0.4) is 0 Å². The lowest BCUT2D eigenvalue weighted by Gasteiger charge is -2.26. The van der Waals surface area contributed by atoms with Gasteiger partial charge in [-0.05, 0) is 18.6 Å². The lowest BCUT2D eigenvalue weighted by atomic mass is 10.2. The number of nitrogens with zero attached hydrogens (tertiary/aromatic N) is 2. The van der Waals surface area contributed by atoms with Crippen molar-refractivity contribution in [2.75, 3.05) is 52.7 Å². The van der Waals surface area contributed by atoms with Crippen molar-refractivity contribution < 1.29 is 38.9 Å². The minimum Gasteiger partial charge on any atom is -0.484 e. The Balaban J connectivity index is 0.000000568. The summed E-state index contributed by atoms with van der Waals surface area (Å²) in [6, 6.07) is 4.93. The average molecular weight is 400 g/mol. The van der Waals surface area contributed by atoms with Gasteiger partial charge in [0, 0.05) is 25.7 Å². The van der Waals surface area contributed by atoms with Crippen LogP contribution in [0.15, 0.2) is 18.2 Å². The molecule has 1 aliphatic rings. The molecule has 0 amide bonds. The summed E-state index contributed by atoms with van der Waals surface area (Å²) in [7, 11) is 0. The van der Waals surface area contributed by atoms with Crippen LogP contribution >= 0.6 is 0 Å². The molecule has 11 nitrogen and oxygen atoms in total. The van der Waals surface area contributed by atoms with Crippen molar-refractivity contribution in [3.63, 3.8) is 0 Å². The highest BCUT2D eigenvalue weighted by Gasteiger charge is 2.15. The van der Waals surface area contributed by atoms with E-state index in [-0.39, 0.29) is 11.4 Å². The number of ether oxygens (including phenoxy) is 3. The monoisotopic (exact) mass is 400 g/mol. The van der Waals surface area contributed by atoms with Crippen LogP contribution in [0.5, 0.6) is 5.75 Å². The number of hydrogen-bond donors (Lipinski definition) is 2. The van der Waals surface area contributed by atoms with Crippen molar-refractivity contribution in [1.82, 2.24) is 4.90 Å². The van der Waals surface area contributed by atoms with E-state index >= 15 is 0 Å². The second-order valence-corrected chi connectivity index (χ2v) is 5.75. The number of nitro benzene ring substituents is 1. The summed E-state index contributed by atoms with van der Waals surface area (Å²) in [5.41, 5.74) is 0.828. The Labute approximate surface area is 161 Å². The summed E-state index contributed by atoms with van der Waals surface area (Å²) in [6.07, 6.45) is 0. The minimum atomic E-state index is -1.82. The smallest absolute Gasteiger partial charge is 0.414 e. The van der Waals surface area contributed by atoms with E-state index in [1.165, 1.54) is 6.07 Å². The van der Waals surface area contributed by atoms with E-state index < -0.39 is 16.9 Å². The van der Waals surface area contributed by atoms with Gasteiger partial charge >= 0.3 is 17.6 Å². The van der Waals surface area contributed by atoms with Gasteiger partial charge in [-0.2, -0.15) is 0 Å². The van der Waals surface area contributed by atoms with Crippen LogP contribution in [-0.4, -0.2) is 84.6 Å². The fourth-order valence-corrected chi connectivity index (χ4v) is 2.22. The zero-order valence-electron chi connectivity index (χ0n) is 15.5. The molecule has 0 unspecified atom stereocenters. The lowest BCUT2D eigenvalue weighted by molar-refractivity contribution is -0.385. The van der Waals surface area contributed by atoms with Crippen LogP contribution < -0.4 is 4.74 Å². The van der Waals surface area contributed by atoms with Gasteiger partial charge < -0.3 is 24.4 Å². The first-order chi connectivity index (χ1) is 13.3. The van der Waals surface area contributed by atoms with Crippen molar-refractivity contribution in [3.05, 3.63) is 33.9 Å². The van der Waals surface area contributed by atoms with Crippen molar-refractivity contribution in [2.45, 2.75) is 6.92 Å². The SMILES string of the molecule is Cc1ccc(OCCOCCN2CCOCC2)c([N+](=O)[O-])c1.O=C(O)C(=O)O. The van der Waals surface area contributed by atoms with Gasteiger partial charge in [-0.3, -0.25) is 15.0 Å². The van der Waals surface area contributed by atoms with Crippen molar-refractivity contribution in [3.8, 4) is 5.75 Å². The molecule has 1 fully saturated rings. The topological polar surface area (TPSA) is 149 Å². The highest BCUT2D eigenvalue weighted by atomic mass is 16.6. The zero-order valence-corrected chi connectivity index (χ0v) is 15.5. The quantitative estimate of drug-likeness (QED) is 0.277. The number of aliphatic carboxylic acids is 2. The second-order valence-electron chi connectivity index (χ2n) is 5.75. The summed E-state index contributed by atoms with van der Waals surface area (Å²) < 4.78 is 16.2. The van der Waals surface area contributed by atoms with E-state index in [0.717, 1.165) is 38.4 Å². The van der Waals surface area contributed by atoms with E-state index in [2.05, 4.69) is 4.90 Å². The Morgan fingerprint density at radius 1 is 1.18 bits per heavy atom. The lowest BCUT2D eigenvalue weighted by Crippen LogP contribution is -2.38. The normalized spacial score (nSPS) is 13.9. The predicted molar refractivity (Wildman–Crippen MR) is 96.7 cm³/mol. The first kappa shape index (κ1) is 23.3. The molecule has 0 aromatic heterocycles. The molecule has 1 aromatic rings. The van der Waals surface area contributed by atoms with Crippen LogP contribution in [0.25, 0.3) is 0 Å². The van der Waals surface area contributed by atoms with Gasteiger partial charge in [0.05, 0.1) is 31.4 Å². The molecule has 0 aliphatic carbocycles. The summed E-state index contributed by atoms with van der Waals surface area (Å²) >= 11 is 0. The molecule has 1 saturated heterocycles. The third kappa shape index (κ3) is 9.26. The number of morpholine rings is 1. The first-order valence-corrected chi connectivity index (χ1v) is 8.53. The molecule has 0 spiro atoms. The number of aryl methyl sites for hydroxylation is 1. The van der Waals surface area contributed by atoms with Crippen molar-refractivity contribution in [2.24, 2.45) is 0 Å². The van der Waals surface area contributed by atoms with Crippen LogP contribution in [-0.2, 0) is 19.1 Å². The van der Waals surface area contributed by atoms with Gasteiger partial charge in [-0.25, -0.2) is 9.59 Å². The number of rotatable bonds is 8. The first-order valence-electron chi connectivity index (χ1n) is 8.53. The van der Waals surface area contributed by atoms with Crippen LogP contribution in [0, 0.1) is 17.0 Å². The standard InChI is InChI=1S/C15H22N2O5.C2H2O4/c1-13-2-3-15(14(12-13)17(18)19)22-11-10-21-9-6-16-4-7-20-8-5-16;3-1(4)2(5)6/h2-3,12H,4-11H2,1H3;(H,3,4)(H,5,6). The van der Waals surface area contributed by atoms with E-state index in [9.17, 15) is 10.1 Å². The van der Waals surface area contributed by atoms with Crippen LogP contribution in [0.4, 0.5) is 5.69 Å². The molecular weight excluding hydrogens is 376 g/mol.